The van der Waals surface area contributed by atoms with Gasteiger partial charge in [0.15, 0.2) is 0 Å². The van der Waals surface area contributed by atoms with Gasteiger partial charge in [-0.3, -0.25) is 0 Å². The highest BCUT2D eigenvalue weighted by Gasteiger charge is 2.30. The normalized spacial score (nSPS) is 17.4. The third-order valence-corrected chi connectivity index (χ3v) is 4.75. The maximum atomic E-state index is 13.7. The maximum absolute atomic E-state index is 13.7. The highest BCUT2D eigenvalue weighted by Crippen LogP contribution is 2.19. The third kappa shape index (κ3) is 2.95. The largest absolute Gasteiger partial charge is 0.488 e. The lowest BCUT2D eigenvalue weighted by Crippen LogP contribution is -2.41. The zero-order valence-corrected chi connectivity index (χ0v) is 10.8. The van der Waals surface area contributed by atoms with Gasteiger partial charge in [-0.1, -0.05) is 6.07 Å². The van der Waals surface area contributed by atoms with Crippen LogP contribution in [0.2, 0.25) is 0 Å². The van der Waals surface area contributed by atoms with Gasteiger partial charge >= 0.3 is 7.12 Å². The SMILES string of the molecule is O=S(=O)(c1cc(B(O)O)ccc1F)N1CCOCC1. The Labute approximate surface area is 110 Å². The lowest BCUT2D eigenvalue weighted by Gasteiger charge is -2.26. The van der Waals surface area contributed by atoms with Crippen LogP contribution >= 0.6 is 0 Å². The molecule has 1 saturated heterocycles. The summed E-state index contributed by atoms with van der Waals surface area (Å²) in [5.74, 6) is -0.920. The second-order valence-electron chi connectivity index (χ2n) is 4.08. The third-order valence-electron chi connectivity index (χ3n) is 2.84. The Bertz CT molecular complexity index is 559. The maximum Gasteiger partial charge on any atom is 0.488 e. The van der Waals surface area contributed by atoms with Gasteiger partial charge in [0.25, 0.3) is 0 Å². The molecule has 104 valence electrons. The van der Waals surface area contributed by atoms with Gasteiger partial charge in [0.1, 0.15) is 10.7 Å². The summed E-state index contributed by atoms with van der Waals surface area (Å²) in [7, 11) is -5.84. The molecule has 0 atom stereocenters. The van der Waals surface area contributed by atoms with Gasteiger partial charge < -0.3 is 14.8 Å². The van der Waals surface area contributed by atoms with E-state index in [9.17, 15) is 12.8 Å². The molecule has 0 unspecified atom stereocenters. The second-order valence-corrected chi connectivity index (χ2v) is 5.99. The van der Waals surface area contributed by atoms with Crippen LogP contribution in [0.15, 0.2) is 23.1 Å². The monoisotopic (exact) mass is 289 g/mol. The predicted molar refractivity (Wildman–Crippen MR) is 65.8 cm³/mol. The van der Waals surface area contributed by atoms with E-state index >= 15 is 0 Å². The van der Waals surface area contributed by atoms with E-state index in [0.717, 1.165) is 22.5 Å². The Hall–Kier alpha value is -0.995. The molecule has 1 heterocycles. The number of nitrogens with zero attached hydrogens (tertiary/aromatic N) is 1. The van der Waals surface area contributed by atoms with Crippen molar-refractivity contribution < 1.29 is 27.6 Å². The van der Waals surface area contributed by atoms with Gasteiger partial charge in [-0.25, -0.2) is 12.8 Å². The molecule has 0 spiro atoms. The molecular formula is C10H13BFNO5S. The van der Waals surface area contributed by atoms with E-state index in [4.69, 9.17) is 14.8 Å². The van der Waals surface area contributed by atoms with Gasteiger partial charge in [0, 0.05) is 13.1 Å². The molecule has 19 heavy (non-hydrogen) atoms. The highest BCUT2D eigenvalue weighted by molar-refractivity contribution is 7.89. The fraction of sp³-hybridized carbons (Fsp3) is 0.400. The van der Waals surface area contributed by atoms with Crippen molar-refractivity contribution >= 4 is 22.6 Å². The summed E-state index contributed by atoms with van der Waals surface area (Å²) in [6.45, 7) is 0.799. The first-order valence-electron chi connectivity index (χ1n) is 5.66. The van der Waals surface area contributed by atoms with E-state index in [1.807, 2.05) is 0 Å². The van der Waals surface area contributed by atoms with Crippen molar-refractivity contribution in [3.05, 3.63) is 24.0 Å². The van der Waals surface area contributed by atoms with E-state index in [2.05, 4.69) is 0 Å². The molecule has 0 saturated carbocycles. The summed E-state index contributed by atoms with van der Waals surface area (Å²) in [6, 6.07) is 2.96. The number of hydrogen-bond acceptors (Lipinski definition) is 5. The molecule has 2 rings (SSSR count). The molecule has 1 aliphatic heterocycles. The van der Waals surface area contributed by atoms with Crippen LogP contribution < -0.4 is 5.46 Å². The molecule has 0 aliphatic carbocycles. The summed E-state index contributed by atoms with van der Waals surface area (Å²) in [6.07, 6.45) is 0. The van der Waals surface area contributed by atoms with Gasteiger partial charge in [-0.2, -0.15) is 4.31 Å². The summed E-state index contributed by atoms with van der Waals surface area (Å²) in [5, 5.41) is 18.0. The van der Waals surface area contributed by atoms with Crippen LogP contribution in [-0.2, 0) is 14.8 Å². The van der Waals surface area contributed by atoms with E-state index in [1.54, 1.807) is 0 Å². The lowest BCUT2D eigenvalue weighted by molar-refractivity contribution is 0.0729. The first kappa shape index (κ1) is 14.4. The van der Waals surface area contributed by atoms with Crippen LogP contribution in [0.25, 0.3) is 0 Å². The fourth-order valence-electron chi connectivity index (χ4n) is 1.80. The number of morpholine rings is 1. The fourth-order valence-corrected chi connectivity index (χ4v) is 3.31. The van der Waals surface area contributed by atoms with Crippen LogP contribution in [0.3, 0.4) is 0 Å². The molecule has 1 aromatic carbocycles. The van der Waals surface area contributed by atoms with E-state index in [1.165, 1.54) is 0 Å². The zero-order chi connectivity index (χ0) is 14.0. The smallest absolute Gasteiger partial charge is 0.423 e. The molecule has 1 aliphatic rings. The van der Waals surface area contributed by atoms with E-state index < -0.39 is 27.9 Å². The average molecular weight is 289 g/mol. The minimum absolute atomic E-state index is 0.0757. The van der Waals surface area contributed by atoms with Gasteiger partial charge in [-0.05, 0) is 17.6 Å². The summed E-state index contributed by atoms with van der Waals surface area (Å²) in [5.41, 5.74) is -0.0757. The number of rotatable bonds is 3. The number of benzene rings is 1. The Morgan fingerprint density at radius 2 is 1.89 bits per heavy atom. The molecular weight excluding hydrogens is 276 g/mol. The summed E-state index contributed by atoms with van der Waals surface area (Å²) >= 11 is 0. The Morgan fingerprint density at radius 3 is 2.47 bits per heavy atom. The van der Waals surface area contributed by atoms with Crippen molar-refractivity contribution in [2.75, 3.05) is 26.3 Å². The van der Waals surface area contributed by atoms with Crippen molar-refractivity contribution in [3.63, 3.8) is 0 Å². The number of ether oxygens (including phenoxy) is 1. The molecule has 2 N–H and O–H groups in total. The number of halogens is 1. The first-order valence-corrected chi connectivity index (χ1v) is 7.10. The number of hydrogen-bond donors (Lipinski definition) is 2. The predicted octanol–water partition coefficient (Wildman–Crippen LogP) is -1.47. The average Bonchev–Trinajstić information content (AvgIpc) is 2.39. The van der Waals surface area contributed by atoms with Crippen LogP contribution in [0.4, 0.5) is 4.39 Å². The van der Waals surface area contributed by atoms with E-state index in [0.29, 0.717) is 0 Å². The van der Waals surface area contributed by atoms with Crippen molar-refractivity contribution in [2.45, 2.75) is 4.90 Å². The van der Waals surface area contributed by atoms with Gasteiger partial charge in [0.05, 0.1) is 13.2 Å². The molecule has 0 amide bonds. The highest BCUT2D eigenvalue weighted by atomic mass is 32.2. The summed E-state index contributed by atoms with van der Waals surface area (Å²) < 4.78 is 44.3. The Kier molecular flexibility index (Phi) is 4.21. The molecule has 1 aromatic rings. The van der Waals surface area contributed by atoms with Crippen LogP contribution in [0.5, 0.6) is 0 Å². The van der Waals surface area contributed by atoms with Crippen LogP contribution in [0.1, 0.15) is 0 Å². The second kappa shape index (κ2) is 5.55. The Balaban J connectivity index is 2.41. The molecule has 0 radical (unpaired) electrons. The Morgan fingerprint density at radius 1 is 1.26 bits per heavy atom. The topological polar surface area (TPSA) is 87.1 Å². The van der Waals surface area contributed by atoms with Crippen molar-refractivity contribution in [2.24, 2.45) is 0 Å². The minimum atomic E-state index is -3.99. The van der Waals surface area contributed by atoms with E-state index in [-0.39, 0.29) is 31.8 Å². The number of sulfonamides is 1. The van der Waals surface area contributed by atoms with Gasteiger partial charge in [0.2, 0.25) is 10.0 Å². The first-order chi connectivity index (χ1) is 8.93. The molecule has 6 nitrogen and oxygen atoms in total. The standard InChI is InChI=1S/C10H13BFNO5S/c12-9-2-1-8(11(14)15)7-10(9)19(16,17)13-3-5-18-6-4-13/h1-2,7,14-15H,3-6H2. The van der Waals surface area contributed by atoms with Crippen LogP contribution in [-0.4, -0.2) is 56.2 Å². The molecule has 1 fully saturated rings. The molecule has 9 heteroatoms. The summed E-state index contributed by atoms with van der Waals surface area (Å²) in [4.78, 5) is -0.556. The van der Waals surface area contributed by atoms with Crippen molar-refractivity contribution in [1.82, 2.24) is 4.31 Å². The quantitative estimate of drug-likeness (QED) is 0.663. The van der Waals surface area contributed by atoms with Gasteiger partial charge in [-0.15, -0.1) is 0 Å². The van der Waals surface area contributed by atoms with Crippen molar-refractivity contribution in [3.8, 4) is 0 Å². The molecule has 0 aromatic heterocycles. The van der Waals surface area contributed by atoms with Crippen LogP contribution in [0, 0.1) is 5.82 Å². The van der Waals surface area contributed by atoms with Crippen molar-refractivity contribution in [1.29, 1.82) is 0 Å². The minimum Gasteiger partial charge on any atom is -0.423 e. The zero-order valence-electron chi connectivity index (χ0n) is 9.99. The molecule has 0 bridgehead atoms. The lowest BCUT2D eigenvalue weighted by atomic mass is 9.80.